The first-order valence-corrected chi connectivity index (χ1v) is 3.41. The summed E-state index contributed by atoms with van der Waals surface area (Å²) in [6, 6.07) is 0. The minimum atomic E-state index is 1.14. The molecule has 2 heteroatoms. The molecule has 0 radical (unpaired) electrons. The topological polar surface area (TPSA) is 24.1 Å². The lowest BCUT2D eigenvalue weighted by Gasteiger charge is -2.11. The highest BCUT2D eigenvalue weighted by Crippen LogP contribution is 1.65. The standard InChI is InChI=1S/C4H10N2.C2H6/c1-2-6-4-3-5-1;1-2/h5-6H,1-4H2;1-2H3. The van der Waals surface area contributed by atoms with Crippen LogP contribution in [0, 0.1) is 0 Å². The van der Waals surface area contributed by atoms with Gasteiger partial charge in [0.15, 0.2) is 0 Å². The van der Waals surface area contributed by atoms with Crippen LogP contribution >= 0.6 is 0 Å². The fourth-order valence-corrected chi connectivity index (χ4v) is 0.604. The van der Waals surface area contributed by atoms with Crippen molar-refractivity contribution in [3.63, 3.8) is 0 Å². The maximum absolute atomic E-state index is 3.22. The van der Waals surface area contributed by atoms with Gasteiger partial charge >= 0.3 is 0 Å². The van der Waals surface area contributed by atoms with Crippen LogP contribution in [-0.2, 0) is 0 Å². The molecule has 0 bridgehead atoms. The monoisotopic (exact) mass is 116 g/mol. The molecule has 1 fully saturated rings. The highest BCUT2D eigenvalue weighted by Gasteiger charge is 1.91. The maximum atomic E-state index is 3.22. The van der Waals surface area contributed by atoms with Crippen molar-refractivity contribution in [3.05, 3.63) is 0 Å². The summed E-state index contributed by atoms with van der Waals surface area (Å²) in [5, 5.41) is 6.44. The van der Waals surface area contributed by atoms with Crippen molar-refractivity contribution in [1.29, 1.82) is 0 Å². The molecular formula is C6H16N2. The minimum Gasteiger partial charge on any atom is -0.314 e. The Hall–Kier alpha value is -0.0800. The van der Waals surface area contributed by atoms with E-state index in [1.54, 1.807) is 0 Å². The number of nitrogens with one attached hydrogen (secondary N) is 2. The first-order valence-electron chi connectivity index (χ1n) is 3.41. The second-order valence-corrected chi connectivity index (χ2v) is 1.50. The van der Waals surface area contributed by atoms with Crippen LogP contribution in [0.4, 0.5) is 0 Å². The van der Waals surface area contributed by atoms with E-state index in [0.29, 0.717) is 0 Å². The fraction of sp³-hybridized carbons (Fsp3) is 1.00. The number of piperazine rings is 1. The van der Waals surface area contributed by atoms with Crippen LogP contribution in [0.2, 0.25) is 0 Å². The molecule has 8 heavy (non-hydrogen) atoms. The predicted octanol–water partition coefficient (Wildman–Crippen LogP) is 0.205. The van der Waals surface area contributed by atoms with Gasteiger partial charge in [-0.25, -0.2) is 0 Å². The SMILES string of the molecule is C1CNCCN1.CC. The minimum absolute atomic E-state index is 1.14. The molecule has 1 heterocycles. The highest BCUT2D eigenvalue weighted by atomic mass is 15.0. The van der Waals surface area contributed by atoms with Crippen LogP contribution < -0.4 is 10.6 Å². The first-order chi connectivity index (χ1) is 4.00. The molecule has 0 unspecified atom stereocenters. The second kappa shape index (κ2) is 6.92. The summed E-state index contributed by atoms with van der Waals surface area (Å²) in [4.78, 5) is 0. The van der Waals surface area contributed by atoms with E-state index in [9.17, 15) is 0 Å². The molecule has 0 saturated carbocycles. The molecule has 0 atom stereocenters. The molecule has 1 aliphatic rings. The summed E-state index contributed by atoms with van der Waals surface area (Å²) >= 11 is 0. The van der Waals surface area contributed by atoms with Crippen LogP contribution in [0.25, 0.3) is 0 Å². The smallest absolute Gasteiger partial charge is 0.00772 e. The van der Waals surface area contributed by atoms with Gasteiger partial charge in [-0.3, -0.25) is 0 Å². The highest BCUT2D eigenvalue weighted by molar-refractivity contribution is 4.59. The van der Waals surface area contributed by atoms with Gasteiger partial charge in [-0.05, 0) is 0 Å². The van der Waals surface area contributed by atoms with Gasteiger partial charge in [0.05, 0.1) is 0 Å². The van der Waals surface area contributed by atoms with E-state index >= 15 is 0 Å². The summed E-state index contributed by atoms with van der Waals surface area (Å²) in [6.07, 6.45) is 0. The molecule has 0 aromatic heterocycles. The zero-order valence-corrected chi connectivity index (χ0v) is 5.83. The van der Waals surface area contributed by atoms with Gasteiger partial charge < -0.3 is 10.6 Å². The van der Waals surface area contributed by atoms with Crippen molar-refractivity contribution in [2.45, 2.75) is 13.8 Å². The second-order valence-electron chi connectivity index (χ2n) is 1.50. The molecule has 0 aromatic carbocycles. The average molecular weight is 116 g/mol. The fourth-order valence-electron chi connectivity index (χ4n) is 0.604. The predicted molar refractivity (Wildman–Crippen MR) is 37.1 cm³/mol. The van der Waals surface area contributed by atoms with Gasteiger partial charge in [-0.1, -0.05) is 13.8 Å². The van der Waals surface area contributed by atoms with Crippen molar-refractivity contribution < 1.29 is 0 Å². The normalized spacial score (nSPS) is 18.8. The van der Waals surface area contributed by atoms with Crippen LogP contribution in [0.1, 0.15) is 13.8 Å². The van der Waals surface area contributed by atoms with E-state index in [4.69, 9.17) is 0 Å². The molecule has 1 aliphatic heterocycles. The van der Waals surface area contributed by atoms with E-state index in [2.05, 4.69) is 10.6 Å². The quantitative estimate of drug-likeness (QED) is 0.472. The largest absolute Gasteiger partial charge is 0.314 e. The van der Waals surface area contributed by atoms with E-state index < -0.39 is 0 Å². The van der Waals surface area contributed by atoms with Crippen molar-refractivity contribution >= 4 is 0 Å². The van der Waals surface area contributed by atoms with E-state index in [1.807, 2.05) is 13.8 Å². The molecule has 0 spiro atoms. The zero-order chi connectivity index (χ0) is 6.24. The molecule has 0 aliphatic carbocycles. The number of rotatable bonds is 0. The van der Waals surface area contributed by atoms with E-state index in [0.717, 1.165) is 26.2 Å². The lowest BCUT2D eigenvalue weighted by Crippen LogP contribution is -2.39. The van der Waals surface area contributed by atoms with Crippen LogP contribution in [-0.4, -0.2) is 26.2 Å². The van der Waals surface area contributed by atoms with Crippen molar-refractivity contribution in [2.75, 3.05) is 26.2 Å². The van der Waals surface area contributed by atoms with Crippen molar-refractivity contribution in [1.82, 2.24) is 10.6 Å². The van der Waals surface area contributed by atoms with Gasteiger partial charge in [-0.2, -0.15) is 0 Å². The Bertz CT molecular complexity index is 22.0. The Kier molecular flexibility index (Phi) is 6.85. The third kappa shape index (κ3) is 4.09. The van der Waals surface area contributed by atoms with Crippen molar-refractivity contribution in [3.8, 4) is 0 Å². The van der Waals surface area contributed by atoms with Crippen molar-refractivity contribution in [2.24, 2.45) is 0 Å². The summed E-state index contributed by atoms with van der Waals surface area (Å²) in [5.74, 6) is 0. The van der Waals surface area contributed by atoms with Gasteiger partial charge in [-0.15, -0.1) is 0 Å². The molecule has 0 amide bonds. The molecule has 1 rings (SSSR count). The Balaban J connectivity index is 0.000000222. The number of hydrogen-bond acceptors (Lipinski definition) is 2. The van der Waals surface area contributed by atoms with Crippen LogP contribution in [0.5, 0.6) is 0 Å². The number of hydrogen-bond donors (Lipinski definition) is 2. The molecule has 50 valence electrons. The summed E-state index contributed by atoms with van der Waals surface area (Å²) in [6.45, 7) is 8.56. The van der Waals surface area contributed by atoms with Gasteiger partial charge in [0, 0.05) is 26.2 Å². The molecule has 2 nitrogen and oxygen atoms in total. The third-order valence-electron chi connectivity index (χ3n) is 0.957. The van der Waals surface area contributed by atoms with E-state index in [1.165, 1.54) is 0 Å². The average Bonchev–Trinajstić information content (AvgIpc) is 1.96. The molecule has 2 N–H and O–H groups in total. The molecule has 1 saturated heterocycles. The summed E-state index contributed by atoms with van der Waals surface area (Å²) in [5.41, 5.74) is 0. The van der Waals surface area contributed by atoms with Crippen LogP contribution in [0.3, 0.4) is 0 Å². The Labute approximate surface area is 51.7 Å². The summed E-state index contributed by atoms with van der Waals surface area (Å²) in [7, 11) is 0. The molecule has 0 aromatic rings. The Morgan fingerprint density at radius 2 is 1.00 bits per heavy atom. The van der Waals surface area contributed by atoms with Crippen LogP contribution in [0.15, 0.2) is 0 Å². The first kappa shape index (κ1) is 7.92. The lowest BCUT2D eigenvalue weighted by atomic mass is 10.4. The molecular weight excluding hydrogens is 100 g/mol. The maximum Gasteiger partial charge on any atom is 0.00772 e. The van der Waals surface area contributed by atoms with Gasteiger partial charge in [0.2, 0.25) is 0 Å². The van der Waals surface area contributed by atoms with Gasteiger partial charge in [0.1, 0.15) is 0 Å². The lowest BCUT2D eigenvalue weighted by molar-refractivity contribution is 0.534. The van der Waals surface area contributed by atoms with E-state index in [-0.39, 0.29) is 0 Å². The third-order valence-corrected chi connectivity index (χ3v) is 0.957. The Morgan fingerprint density at radius 3 is 1.12 bits per heavy atom. The summed E-state index contributed by atoms with van der Waals surface area (Å²) < 4.78 is 0. The Morgan fingerprint density at radius 1 is 0.750 bits per heavy atom. The van der Waals surface area contributed by atoms with Gasteiger partial charge in [0.25, 0.3) is 0 Å². The zero-order valence-electron chi connectivity index (χ0n) is 5.83.